The van der Waals surface area contributed by atoms with Crippen LogP contribution >= 0.6 is 0 Å². The molecule has 0 aromatic heterocycles. The van der Waals surface area contributed by atoms with Crippen molar-refractivity contribution in [1.29, 1.82) is 0 Å². The van der Waals surface area contributed by atoms with Crippen molar-refractivity contribution in [3.63, 3.8) is 0 Å². The van der Waals surface area contributed by atoms with Gasteiger partial charge in [-0.3, -0.25) is 4.79 Å². The second-order valence-corrected chi connectivity index (χ2v) is 6.10. The summed E-state index contributed by atoms with van der Waals surface area (Å²) in [7, 11) is 0. The predicted molar refractivity (Wildman–Crippen MR) is 82.1 cm³/mol. The van der Waals surface area contributed by atoms with Gasteiger partial charge in [0.05, 0.1) is 0 Å². The Morgan fingerprint density at radius 2 is 1.87 bits per heavy atom. The quantitative estimate of drug-likeness (QED) is 0.802. The lowest BCUT2D eigenvalue weighted by atomic mass is 9.82. The Morgan fingerprint density at radius 1 is 1.13 bits per heavy atom. The van der Waals surface area contributed by atoms with Gasteiger partial charge in [-0.05, 0) is 48.4 Å². The molecule has 1 aliphatic heterocycles. The van der Waals surface area contributed by atoms with Crippen LogP contribution in [0.2, 0.25) is 0 Å². The minimum atomic E-state index is -1.06. The Hall–Kier alpha value is -2.30. The standard InChI is InChI=1S/C18H16F3NO/c1-3-18(2)10-22(16-7-5-12(19)9-13(16)18)17(23)11-4-6-14(20)15(21)8-11/h4-9H,3,10H2,1-2H3. The summed E-state index contributed by atoms with van der Waals surface area (Å²) in [4.78, 5) is 14.2. The molecule has 23 heavy (non-hydrogen) atoms. The van der Waals surface area contributed by atoms with Gasteiger partial charge >= 0.3 is 0 Å². The molecule has 0 fully saturated rings. The highest BCUT2D eigenvalue weighted by Crippen LogP contribution is 2.43. The van der Waals surface area contributed by atoms with Gasteiger partial charge in [-0.25, -0.2) is 13.2 Å². The van der Waals surface area contributed by atoms with Gasteiger partial charge in [-0.15, -0.1) is 0 Å². The van der Waals surface area contributed by atoms with Crippen molar-refractivity contribution in [2.75, 3.05) is 11.4 Å². The molecule has 0 saturated carbocycles. The molecule has 1 amide bonds. The zero-order valence-corrected chi connectivity index (χ0v) is 12.9. The van der Waals surface area contributed by atoms with Gasteiger partial charge in [0.25, 0.3) is 5.91 Å². The monoisotopic (exact) mass is 319 g/mol. The van der Waals surface area contributed by atoms with Gasteiger partial charge < -0.3 is 4.90 Å². The lowest BCUT2D eigenvalue weighted by Crippen LogP contribution is -2.35. The van der Waals surface area contributed by atoms with Crippen LogP contribution in [0, 0.1) is 17.5 Å². The number of hydrogen-bond donors (Lipinski definition) is 0. The molecule has 2 aromatic rings. The van der Waals surface area contributed by atoms with E-state index in [1.807, 2.05) is 13.8 Å². The molecular weight excluding hydrogens is 303 g/mol. The van der Waals surface area contributed by atoms with E-state index in [2.05, 4.69) is 0 Å². The van der Waals surface area contributed by atoms with E-state index in [9.17, 15) is 18.0 Å². The fourth-order valence-electron chi connectivity index (χ4n) is 3.01. The van der Waals surface area contributed by atoms with Crippen molar-refractivity contribution in [3.05, 3.63) is 65.0 Å². The van der Waals surface area contributed by atoms with E-state index in [0.29, 0.717) is 12.2 Å². The molecule has 3 rings (SSSR count). The average Bonchev–Trinajstić information content (AvgIpc) is 2.83. The summed E-state index contributed by atoms with van der Waals surface area (Å²) < 4.78 is 40.1. The maximum Gasteiger partial charge on any atom is 0.258 e. The van der Waals surface area contributed by atoms with E-state index in [4.69, 9.17) is 0 Å². The van der Waals surface area contributed by atoms with Crippen LogP contribution in [0.15, 0.2) is 36.4 Å². The van der Waals surface area contributed by atoms with Crippen molar-refractivity contribution in [3.8, 4) is 0 Å². The molecule has 120 valence electrons. The van der Waals surface area contributed by atoms with Crippen molar-refractivity contribution in [2.45, 2.75) is 25.7 Å². The highest BCUT2D eigenvalue weighted by Gasteiger charge is 2.40. The number of nitrogens with zero attached hydrogens (tertiary/aromatic N) is 1. The van der Waals surface area contributed by atoms with Crippen LogP contribution < -0.4 is 4.90 Å². The number of anilines is 1. The van der Waals surface area contributed by atoms with Crippen LogP contribution in [0.5, 0.6) is 0 Å². The van der Waals surface area contributed by atoms with E-state index in [-0.39, 0.29) is 16.8 Å². The third-order valence-corrected chi connectivity index (χ3v) is 4.60. The highest BCUT2D eigenvalue weighted by molar-refractivity contribution is 6.07. The second kappa shape index (κ2) is 5.41. The lowest BCUT2D eigenvalue weighted by molar-refractivity contribution is 0.0984. The molecule has 0 saturated heterocycles. The summed E-state index contributed by atoms with van der Waals surface area (Å²) >= 11 is 0. The van der Waals surface area contributed by atoms with Crippen molar-refractivity contribution in [1.82, 2.24) is 0 Å². The molecule has 2 aromatic carbocycles. The largest absolute Gasteiger partial charge is 0.307 e. The first-order chi connectivity index (χ1) is 10.9. The number of amides is 1. The van der Waals surface area contributed by atoms with Crippen LogP contribution in [0.1, 0.15) is 36.2 Å². The summed E-state index contributed by atoms with van der Waals surface area (Å²) in [6.45, 7) is 4.31. The molecule has 0 radical (unpaired) electrons. The highest BCUT2D eigenvalue weighted by atomic mass is 19.2. The molecule has 1 heterocycles. The molecule has 0 aliphatic carbocycles. The first-order valence-electron chi connectivity index (χ1n) is 7.42. The van der Waals surface area contributed by atoms with Crippen LogP contribution in [0.3, 0.4) is 0 Å². The van der Waals surface area contributed by atoms with Crippen LogP contribution in [-0.4, -0.2) is 12.5 Å². The third-order valence-electron chi connectivity index (χ3n) is 4.60. The maximum atomic E-state index is 13.6. The number of carbonyl (C=O) groups excluding carboxylic acids is 1. The Balaban J connectivity index is 2.04. The summed E-state index contributed by atoms with van der Waals surface area (Å²) in [5.74, 6) is -2.84. The van der Waals surface area contributed by atoms with Gasteiger partial charge in [0.1, 0.15) is 5.82 Å². The van der Waals surface area contributed by atoms with E-state index in [0.717, 1.165) is 24.1 Å². The fourth-order valence-corrected chi connectivity index (χ4v) is 3.01. The molecule has 1 atom stereocenters. The van der Waals surface area contributed by atoms with Gasteiger partial charge in [0.2, 0.25) is 0 Å². The van der Waals surface area contributed by atoms with E-state index >= 15 is 0 Å². The number of rotatable bonds is 2. The smallest absolute Gasteiger partial charge is 0.258 e. The van der Waals surface area contributed by atoms with Crippen molar-refractivity contribution in [2.24, 2.45) is 0 Å². The summed E-state index contributed by atoms with van der Waals surface area (Å²) in [5, 5.41) is 0. The molecule has 0 spiro atoms. The Bertz CT molecular complexity index is 790. The SMILES string of the molecule is CCC1(C)CN(C(=O)c2ccc(F)c(F)c2)c2ccc(F)cc21. The predicted octanol–water partition coefficient (Wildman–Crippen LogP) is 4.43. The maximum absolute atomic E-state index is 13.6. The van der Waals surface area contributed by atoms with Crippen molar-refractivity contribution < 1.29 is 18.0 Å². The Kier molecular flexibility index (Phi) is 3.66. The van der Waals surface area contributed by atoms with E-state index in [1.54, 1.807) is 6.07 Å². The number of benzene rings is 2. The van der Waals surface area contributed by atoms with E-state index in [1.165, 1.54) is 23.1 Å². The topological polar surface area (TPSA) is 20.3 Å². The normalized spacial score (nSPS) is 19.8. The zero-order valence-electron chi connectivity index (χ0n) is 12.9. The summed E-state index contributed by atoms with van der Waals surface area (Å²) in [6, 6.07) is 7.38. The van der Waals surface area contributed by atoms with Gasteiger partial charge in [-0.2, -0.15) is 0 Å². The number of carbonyl (C=O) groups is 1. The minimum absolute atomic E-state index is 0.0690. The molecule has 2 nitrogen and oxygen atoms in total. The fraction of sp³-hybridized carbons (Fsp3) is 0.278. The van der Waals surface area contributed by atoms with Gasteiger partial charge in [0.15, 0.2) is 11.6 Å². The zero-order chi connectivity index (χ0) is 16.8. The molecular formula is C18H16F3NO. The second-order valence-electron chi connectivity index (χ2n) is 6.10. The van der Waals surface area contributed by atoms with Crippen LogP contribution in [0.4, 0.5) is 18.9 Å². The first-order valence-corrected chi connectivity index (χ1v) is 7.42. The van der Waals surface area contributed by atoms with Crippen molar-refractivity contribution >= 4 is 11.6 Å². The summed E-state index contributed by atoms with van der Waals surface area (Å²) in [5.41, 5.74) is 1.08. The lowest BCUT2D eigenvalue weighted by Gasteiger charge is -2.24. The van der Waals surface area contributed by atoms with E-state index < -0.39 is 17.5 Å². The molecule has 1 unspecified atom stereocenters. The molecule has 0 bridgehead atoms. The summed E-state index contributed by atoms with van der Waals surface area (Å²) in [6.07, 6.45) is 0.727. The van der Waals surface area contributed by atoms with Crippen LogP contribution in [-0.2, 0) is 5.41 Å². The number of halogens is 3. The molecule has 0 N–H and O–H groups in total. The average molecular weight is 319 g/mol. The molecule has 1 aliphatic rings. The first kappa shape index (κ1) is 15.6. The number of hydrogen-bond acceptors (Lipinski definition) is 1. The molecule has 5 heteroatoms. The minimum Gasteiger partial charge on any atom is -0.307 e. The van der Waals surface area contributed by atoms with Crippen LogP contribution in [0.25, 0.3) is 0 Å². The van der Waals surface area contributed by atoms with Gasteiger partial charge in [-0.1, -0.05) is 13.8 Å². The Morgan fingerprint density at radius 3 is 2.52 bits per heavy atom. The van der Waals surface area contributed by atoms with Gasteiger partial charge in [0, 0.05) is 23.2 Å². The Labute approximate surface area is 132 Å². The third kappa shape index (κ3) is 2.50. The number of fused-ring (bicyclic) bond motifs is 1.